The summed E-state index contributed by atoms with van der Waals surface area (Å²) in [5.41, 5.74) is 7.54. The number of aromatic nitrogens is 3. The SMILES string of the molecule is COP(=O)(F)CCCn1cc(CNS(=O)(=O)c2ccc(C3=c4cc5c6c(c4Oc4c3cc3c7c4CCCN7CCC3)CCC[N+]=6CCC5)c(S(=O)(=O)O)c2)nn1. The maximum absolute atomic E-state index is 13.7. The monoisotopic (exact) mass is 825 g/mol. The van der Waals surface area contributed by atoms with E-state index < -0.39 is 32.7 Å². The molecule has 0 aliphatic carbocycles. The lowest BCUT2D eigenvalue weighted by atomic mass is 9.82. The second-order valence-electron chi connectivity index (χ2n) is 15.1. The fourth-order valence-corrected chi connectivity index (χ4v) is 11.7. The number of aryl methyl sites for hydroxylation is 3. The minimum absolute atomic E-state index is 0.158. The lowest BCUT2D eigenvalue weighted by Gasteiger charge is -2.39. The van der Waals surface area contributed by atoms with Crippen molar-refractivity contribution in [1.29, 1.82) is 0 Å². The molecule has 6 heterocycles. The number of benzene rings is 3. The van der Waals surface area contributed by atoms with Crippen LogP contribution in [-0.2, 0) is 68.0 Å². The highest BCUT2D eigenvalue weighted by Gasteiger charge is 2.37. The number of halogens is 1. The van der Waals surface area contributed by atoms with Gasteiger partial charge in [0.05, 0.1) is 28.9 Å². The van der Waals surface area contributed by atoms with Crippen molar-refractivity contribution < 1.29 is 39.4 Å². The average Bonchev–Trinajstić information content (AvgIpc) is 3.64. The first-order valence-electron chi connectivity index (χ1n) is 19.1. The first-order chi connectivity index (χ1) is 26.8. The molecular weight excluding hydrogens is 783 g/mol. The maximum atomic E-state index is 13.7. The van der Waals surface area contributed by atoms with E-state index in [0.29, 0.717) is 17.1 Å². The van der Waals surface area contributed by atoms with Gasteiger partial charge in [0.1, 0.15) is 29.5 Å². The van der Waals surface area contributed by atoms with Crippen molar-refractivity contribution >= 4 is 39.1 Å². The Morgan fingerprint density at radius 2 is 1.71 bits per heavy atom. The molecule has 0 spiro atoms. The highest BCUT2D eigenvalue weighted by atomic mass is 32.2. The van der Waals surface area contributed by atoms with E-state index >= 15 is 0 Å². The summed E-state index contributed by atoms with van der Waals surface area (Å²) in [6.07, 6.45) is 8.60. The molecule has 1 atom stereocenters. The summed E-state index contributed by atoms with van der Waals surface area (Å²) >= 11 is 0. The third-order valence-corrected chi connectivity index (χ3v) is 15.3. The van der Waals surface area contributed by atoms with Gasteiger partial charge in [0.2, 0.25) is 15.4 Å². The van der Waals surface area contributed by atoms with Gasteiger partial charge in [0.25, 0.3) is 10.1 Å². The minimum atomic E-state index is -4.97. The van der Waals surface area contributed by atoms with E-state index in [2.05, 4.69) is 41.2 Å². The van der Waals surface area contributed by atoms with Crippen molar-refractivity contribution in [1.82, 2.24) is 24.3 Å². The van der Waals surface area contributed by atoms with Crippen LogP contribution in [0.1, 0.15) is 71.2 Å². The zero-order valence-electron chi connectivity index (χ0n) is 31.0. The Morgan fingerprint density at radius 1 is 0.964 bits per heavy atom. The van der Waals surface area contributed by atoms with E-state index in [-0.39, 0.29) is 41.8 Å². The maximum Gasteiger partial charge on any atom is 0.367 e. The van der Waals surface area contributed by atoms with Gasteiger partial charge in [0, 0.05) is 84.5 Å². The van der Waals surface area contributed by atoms with Crippen LogP contribution in [0.2, 0.25) is 0 Å². The molecule has 14 nitrogen and oxygen atoms in total. The zero-order valence-corrected chi connectivity index (χ0v) is 33.5. The Bertz CT molecular complexity index is 2720. The number of nitrogens with zero attached hydrogens (tertiary/aromatic N) is 5. The van der Waals surface area contributed by atoms with Crippen LogP contribution in [0.15, 0.2) is 46.3 Å². The van der Waals surface area contributed by atoms with Gasteiger partial charge in [-0.1, -0.05) is 11.3 Å². The van der Waals surface area contributed by atoms with E-state index in [9.17, 15) is 30.2 Å². The summed E-state index contributed by atoms with van der Waals surface area (Å²) < 4.78 is 108. The van der Waals surface area contributed by atoms with Crippen LogP contribution in [0, 0.1) is 0 Å². The lowest BCUT2D eigenvalue weighted by Crippen LogP contribution is -2.45. The third kappa shape index (κ3) is 6.69. The predicted octanol–water partition coefficient (Wildman–Crippen LogP) is 3.64. The van der Waals surface area contributed by atoms with Crippen LogP contribution in [0.3, 0.4) is 0 Å². The predicted molar refractivity (Wildman–Crippen MR) is 206 cm³/mol. The molecule has 5 aliphatic rings. The zero-order chi connectivity index (χ0) is 39.0. The number of ether oxygens (including phenoxy) is 1. The standard InChI is InChI=1S/C38H42FN6O8PS2/c1-52-54(39,46)18-6-17-45-23-26(41-42-45)22-40-55(47,48)27-11-12-28(33(21-27)56(49,50)51)34-31-19-24-7-2-13-43-15-4-9-29(35(24)43)37(31)53-38-30-10-5-16-44-14-3-8-25(36(30)44)20-32(34)38/h11-12,19-21,23,40H,2-10,13-18,22H2,1H3/p+1. The van der Waals surface area contributed by atoms with E-state index in [1.165, 1.54) is 45.2 Å². The number of hydrogen-bond donors (Lipinski definition) is 2. The van der Waals surface area contributed by atoms with Crippen molar-refractivity contribution in [3.05, 3.63) is 86.2 Å². The van der Waals surface area contributed by atoms with Crippen molar-refractivity contribution in [3.63, 3.8) is 0 Å². The molecule has 56 heavy (non-hydrogen) atoms. The van der Waals surface area contributed by atoms with E-state index in [1.807, 2.05) is 0 Å². The van der Waals surface area contributed by atoms with E-state index in [1.54, 1.807) is 0 Å². The quantitative estimate of drug-likeness (QED) is 0.113. The van der Waals surface area contributed by atoms with Crippen LogP contribution in [0.4, 0.5) is 9.88 Å². The molecule has 0 saturated carbocycles. The average molecular weight is 826 g/mol. The molecule has 0 radical (unpaired) electrons. The highest BCUT2D eigenvalue weighted by Crippen LogP contribution is 2.50. The second kappa shape index (κ2) is 14.1. The van der Waals surface area contributed by atoms with Gasteiger partial charge in [-0.05, 0) is 74.8 Å². The largest absolute Gasteiger partial charge is 0.455 e. The Balaban J connectivity index is 1.15. The molecule has 2 N–H and O–H groups in total. The number of fused-ring (bicyclic) bond motifs is 4. The van der Waals surface area contributed by atoms with Gasteiger partial charge < -0.3 is 14.2 Å². The van der Waals surface area contributed by atoms with E-state index in [4.69, 9.17) is 4.74 Å². The van der Waals surface area contributed by atoms with Gasteiger partial charge in [0.15, 0.2) is 0 Å². The Hall–Kier alpha value is -3.99. The molecule has 5 aliphatic heterocycles. The number of rotatable bonds is 11. The highest BCUT2D eigenvalue weighted by molar-refractivity contribution is 7.89. The molecule has 0 fully saturated rings. The van der Waals surface area contributed by atoms with Gasteiger partial charge in [-0.2, -0.15) is 12.6 Å². The summed E-state index contributed by atoms with van der Waals surface area (Å²) in [6.45, 7) is 3.76. The summed E-state index contributed by atoms with van der Waals surface area (Å²) in [7, 11) is -12.4. The van der Waals surface area contributed by atoms with Gasteiger partial charge in [-0.15, -0.1) is 5.10 Å². The molecule has 1 aromatic heterocycles. The smallest absolute Gasteiger partial charge is 0.367 e. The first-order valence-corrected chi connectivity index (χ1v) is 23.7. The number of hydrogen-bond acceptors (Lipinski definition) is 10. The number of sulfonamides is 1. The molecule has 9 rings (SSSR count). The third-order valence-electron chi connectivity index (χ3n) is 11.6. The summed E-state index contributed by atoms with van der Waals surface area (Å²) in [5, 5.41) is 9.83. The van der Waals surface area contributed by atoms with Crippen LogP contribution >= 0.6 is 7.68 Å². The van der Waals surface area contributed by atoms with Crippen LogP contribution in [-0.4, -0.2) is 75.8 Å². The number of anilines is 1. The fourth-order valence-electron chi connectivity index (χ4n) is 9.19. The molecule has 296 valence electrons. The van der Waals surface area contributed by atoms with Gasteiger partial charge in [-0.25, -0.2) is 17.7 Å². The molecule has 0 saturated heterocycles. The molecule has 1 unspecified atom stereocenters. The normalized spacial score (nSPS) is 18.4. The van der Waals surface area contributed by atoms with Crippen LogP contribution in [0.5, 0.6) is 11.5 Å². The van der Waals surface area contributed by atoms with Crippen molar-refractivity contribution in [2.45, 2.75) is 80.7 Å². The first kappa shape index (κ1) is 37.6. The molecular formula is C38H43FN6O8PS2+. The molecule has 4 aromatic rings. The van der Waals surface area contributed by atoms with Crippen LogP contribution in [0.25, 0.3) is 5.57 Å². The summed E-state index contributed by atoms with van der Waals surface area (Å²) in [5.74, 6) is 1.40. The van der Waals surface area contributed by atoms with E-state index in [0.717, 1.165) is 113 Å². The van der Waals surface area contributed by atoms with Crippen molar-refractivity contribution in [3.8, 4) is 11.5 Å². The topological polar surface area (TPSA) is 173 Å². The fraction of sp³-hybridized carbons (Fsp3) is 0.447. The van der Waals surface area contributed by atoms with Gasteiger partial charge >= 0.3 is 7.68 Å². The minimum Gasteiger partial charge on any atom is -0.455 e. The summed E-state index contributed by atoms with van der Waals surface area (Å²) in [6, 6.07) is 8.06. The lowest BCUT2D eigenvalue weighted by molar-refractivity contribution is 0.353. The second-order valence-corrected chi connectivity index (χ2v) is 20.3. The van der Waals surface area contributed by atoms with Crippen molar-refractivity contribution in [2.24, 2.45) is 0 Å². The Kier molecular flexibility index (Phi) is 9.48. The Labute approximate surface area is 324 Å². The Morgan fingerprint density at radius 3 is 2.50 bits per heavy atom. The molecule has 0 bridgehead atoms. The molecule has 0 amide bonds. The van der Waals surface area contributed by atoms with Gasteiger partial charge in [-0.3, -0.25) is 13.8 Å². The van der Waals surface area contributed by atoms with Crippen molar-refractivity contribution in [2.75, 3.05) is 44.4 Å². The molecule has 3 aromatic carbocycles. The summed E-state index contributed by atoms with van der Waals surface area (Å²) in [4.78, 5) is 1.54. The van der Waals surface area contributed by atoms with Crippen LogP contribution < -0.4 is 29.5 Å². The molecule has 18 heteroatoms. The number of nitrogens with one attached hydrogen (secondary N) is 1.